The molecule has 0 unspecified atom stereocenters. The number of methoxy groups -OCH3 is 1. The fourth-order valence-electron chi connectivity index (χ4n) is 2.95. The molecule has 2 N–H and O–H groups in total. The van der Waals surface area contributed by atoms with Crippen LogP contribution in [0.5, 0.6) is 5.75 Å². The first kappa shape index (κ1) is 21.3. The van der Waals surface area contributed by atoms with Crippen LogP contribution in [-0.4, -0.2) is 38.6 Å². The average Bonchev–Trinajstić information content (AvgIpc) is 2.71. The second kappa shape index (κ2) is 10.3. The summed E-state index contributed by atoms with van der Waals surface area (Å²) in [7, 11) is 1.62. The molecule has 0 spiro atoms. The number of benzene rings is 2. The molecule has 2 aromatic rings. The lowest BCUT2D eigenvalue weighted by Gasteiger charge is -2.22. The third-order valence-electron chi connectivity index (χ3n) is 4.65. The molecular weight excluding hydrogens is 354 g/mol. The van der Waals surface area contributed by atoms with Crippen molar-refractivity contribution in [3.63, 3.8) is 0 Å². The van der Waals surface area contributed by atoms with Gasteiger partial charge in [0.25, 0.3) is 0 Å². The lowest BCUT2D eigenvalue weighted by Crippen LogP contribution is -2.36. The van der Waals surface area contributed by atoms with E-state index in [4.69, 9.17) is 4.74 Å². The van der Waals surface area contributed by atoms with Gasteiger partial charge in [0.15, 0.2) is 0 Å². The van der Waals surface area contributed by atoms with Crippen molar-refractivity contribution in [1.29, 1.82) is 0 Å². The third kappa shape index (κ3) is 5.74. The van der Waals surface area contributed by atoms with E-state index in [2.05, 4.69) is 29.4 Å². The van der Waals surface area contributed by atoms with Crippen molar-refractivity contribution >= 4 is 23.2 Å². The number of ether oxygens (including phenoxy) is 1. The van der Waals surface area contributed by atoms with E-state index in [1.165, 1.54) is 0 Å². The smallest absolute Gasteiger partial charge is 0.313 e. The Morgan fingerprint density at radius 3 is 2.25 bits per heavy atom. The molecule has 0 aliphatic carbocycles. The number of anilines is 2. The summed E-state index contributed by atoms with van der Waals surface area (Å²) in [5, 5.41) is 5.35. The Morgan fingerprint density at radius 1 is 1.00 bits per heavy atom. The van der Waals surface area contributed by atoms with E-state index in [-0.39, 0.29) is 0 Å². The summed E-state index contributed by atoms with van der Waals surface area (Å²) in [4.78, 5) is 26.5. The maximum atomic E-state index is 12.2. The molecule has 0 heterocycles. The van der Waals surface area contributed by atoms with Crippen molar-refractivity contribution in [2.45, 2.75) is 27.2 Å². The number of amides is 2. The normalized spacial score (nSPS) is 10.3. The van der Waals surface area contributed by atoms with Crippen molar-refractivity contribution in [2.75, 3.05) is 37.0 Å². The van der Waals surface area contributed by atoms with E-state index in [0.717, 1.165) is 35.7 Å². The minimum Gasteiger partial charge on any atom is -0.497 e. The predicted molar refractivity (Wildman–Crippen MR) is 113 cm³/mol. The van der Waals surface area contributed by atoms with Crippen LogP contribution >= 0.6 is 0 Å². The Hall–Kier alpha value is -3.02. The maximum Gasteiger partial charge on any atom is 0.313 e. The average molecular weight is 383 g/mol. The number of aryl methyl sites for hydroxylation is 1. The Balaban J connectivity index is 1.86. The molecular formula is C22H29N3O3. The fraction of sp³-hybridized carbons (Fsp3) is 0.364. The van der Waals surface area contributed by atoms with Gasteiger partial charge in [0.05, 0.1) is 7.11 Å². The molecule has 0 aliphatic rings. The number of nitrogens with one attached hydrogen (secondary N) is 2. The number of nitrogens with zero attached hydrogens (tertiary/aromatic N) is 1. The van der Waals surface area contributed by atoms with Crippen molar-refractivity contribution in [3.8, 4) is 5.75 Å². The second-order valence-corrected chi connectivity index (χ2v) is 6.48. The Labute approximate surface area is 166 Å². The van der Waals surface area contributed by atoms with E-state index >= 15 is 0 Å². The SMILES string of the molecule is CCN(CC)c1ccc(NC(=O)C(=O)NCCc2ccc(OC)cc2)c(C)c1. The molecule has 0 atom stereocenters. The zero-order valence-electron chi connectivity index (χ0n) is 17.0. The van der Waals surface area contributed by atoms with Crippen LogP contribution in [0.4, 0.5) is 11.4 Å². The van der Waals surface area contributed by atoms with Crippen molar-refractivity contribution in [3.05, 3.63) is 53.6 Å². The van der Waals surface area contributed by atoms with Crippen LogP contribution in [-0.2, 0) is 16.0 Å². The Morgan fingerprint density at radius 2 is 1.68 bits per heavy atom. The van der Waals surface area contributed by atoms with Gasteiger partial charge in [0.1, 0.15) is 5.75 Å². The summed E-state index contributed by atoms with van der Waals surface area (Å²) in [5.74, 6) is -0.510. The molecule has 6 nitrogen and oxygen atoms in total. The predicted octanol–water partition coefficient (Wildman–Crippen LogP) is 3.15. The van der Waals surface area contributed by atoms with Gasteiger partial charge in [-0.3, -0.25) is 9.59 Å². The van der Waals surface area contributed by atoms with Crippen molar-refractivity contribution in [2.24, 2.45) is 0 Å². The molecule has 2 aromatic carbocycles. The van der Waals surface area contributed by atoms with Gasteiger partial charge in [-0.15, -0.1) is 0 Å². The summed E-state index contributed by atoms with van der Waals surface area (Å²) in [6, 6.07) is 13.4. The van der Waals surface area contributed by atoms with E-state index in [1.54, 1.807) is 7.11 Å². The van der Waals surface area contributed by atoms with Crippen LogP contribution in [0, 0.1) is 6.92 Å². The molecule has 0 saturated carbocycles. The summed E-state index contributed by atoms with van der Waals surface area (Å²) in [6.07, 6.45) is 0.639. The highest BCUT2D eigenvalue weighted by Crippen LogP contribution is 2.22. The molecule has 0 aliphatic heterocycles. The van der Waals surface area contributed by atoms with Gasteiger partial charge in [0, 0.05) is 31.0 Å². The minimum atomic E-state index is -0.659. The lowest BCUT2D eigenvalue weighted by atomic mass is 10.1. The maximum absolute atomic E-state index is 12.2. The fourth-order valence-corrected chi connectivity index (χ4v) is 2.95. The molecule has 0 aromatic heterocycles. The van der Waals surface area contributed by atoms with E-state index in [9.17, 15) is 9.59 Å². The van der Waals surface area contributed by atoms with E-state index in [0.29, 0.717) is 18.7 Å². The zero-order valence-corrected chi connectivity index (χ0v) is 17.0. The first-order chi connectivity index (χ1) is 13.5. The van der Waals surface area contributed by atoms with Crippen LogP contribution < -0.4 is 20.3 Å². The van der Waals surface area contributed by atoms with Gasteiger partial charge in [-0.1, -0.05) is 12.1 Å². The number of carbonyl (C=O) groups is 2. The molecule has 0 radical (unpaired) electrons. The van der Waals surface area contributed by atoms with Crippen LogP contribution in [0.1, 0.15) is 25.0 Å². The lowest BCUT2D eigenvalue weighted by molar-refractivity contribution is -0.136. The molecule has 150 valence electrons. The van der Waals surface area contributed by atoms with Crippen LogP contribution in [0.2, 0.25) is 0 Å². The third-order valence-corrected chi connectivity index (χ3v) is 4.65. The minimum absolute atomic E-state index is 0.387. The van der Waals surface area contributed by atoms with Gasteiger partial charge in [-0.05, 0) is 68.7 Å². The van der Waals surface area contributed by atoms with Gasteiger partial charge in [-0.25, -0.2) is 0 Å². The van der Waals surface area contributed by atoms with Gasteiger partial charge in [0.2, 0.25) is 0 Å². The number of carbonyl (C=O) groups excluding carboxylic acids is 2. The standard InChI is InChI=1S/C22H29N3O3/c1-5-25(6-2)18-9-12-20(16(3)15-18)24-22(27)21(26)23-14-13-17-7-10-19(28-4)11-8-17/h7-12,15H,5-6,13-14H2,1-4H3,(H,23,26)(H,24,27). The Bertz CT molecular complexity index is 799. The van der Waals surface area contributed by atoms with Gasteiger partial charge >= 0.3 is 11.8 Å². The van der Waals surface area contributed by atoms with Crippen LogP contribution in [0.15, 0.2) is 42.5 Å². The van der Waals surface area contributed by atoms with E-state index < -0.39 is 11.8 Å². The number of rotatable bonds is 8. The van der Waals surface area contributed by atoms with Crippen LogP contribution in [0.25, 0.3) is 0 Å². The summed E-state index contributed by atoms with van der Waals surface area (Å²) in [5.41, 5.74) is 3.73. The summed E-state index contributed by atoms with van der Waals surface area (Å²) in [6.45, 7) is 8.34. The van der Waals surface area contributed by atoms with Gasteiger partial charge < -0.3 is 20.3 Å². The van der Waals surface area contributed by atoms with Crippen LogP contribution in [0.3, 0.4) is 0 Å². The highest BCUT2D eigenvalue weighted by Gasteiger charge is 2.15. The first-order valence-electron chi connectivity index (χ1n) is 9.56. The van der Waals surface area contributed by atoms with Crippen molar-refractivity contribution in [1.82, 2.24) is 5.32 Å². The van der Waals surface area contributed by atoms with Gasteiger partial charge in [-0.2, -0.15) is 0 Å². The largest absolute Gasteiger partial charge is 0.497 e. The highest BCUT2D eigenvalue weighted by atomic mass is 16.5. The molecule has 0 saturated heterocycles. The highest BCUT2D eigenvalue weighted by molar-refractivity contribution is 6.39. The topological polar surface area (TPSA) is 70.7 Å². The zero-order chi connectivity index (χ0) is 20.5. The molecule has 0 fully saturated rings. The molecule has 28 heavy (non-hydrogen) atoms. The number of hydrogen-bond acceptors (Lipinski definition) is 4. The summed E-state index contributed by atoms with van der Waals surface area (Å²) < 4.78 is 5.12. The monoisotopic (exact) mass is 383 g/mol. The Kier molecular flexibility index (Phi) is 7.87. The molecule has 0 bridgehead atoms. The molecule has 2 amide bonds. The van der Waals surface area contributed by atoms with Crippen molar-refractivity contribution < 1.29 is 14.3 Å². The molecule has 2 rings (SSSR count). The summed E-state index contributed by atoms with van der Waals surface area (Å²) >= 11 is 0. The first-order valence-corrected chi connectivity index (χ1v) is 9.56. The second-order valence-electron chi connectivity index (χ2n) is 6.48. The quantitative estimate of drug-likeness (QED) is 0.687. The number of hydrogen-bond donors (Lipinski definition) is 2. The molecule has 6 heteroatoms. The van der Waals surface area contributed by atoms with E-state index in [1.807, 2.05) is 49.4 Å².